The van der Waals surface area contributed by atoms with Gasteiger partial charge in [0.25, 0.3) is 0 Å². The van der Waals surface area contributed by atoms with Gasteiger partial charge in [-0.1, -0.05) is 13.8 Å². The van der Waals surface area contributed by atoms with Gasteiger partial charge < -0.3 is 15.2 Å². The maximum atomic E-state index is 9.36. The van der Waals surface area contributed by atoms with Crippen molar-refractivity contribution in [3.05, 3.63) is 0 Å². The highest BCUT2D eigenvalue weighted by Gasteiger charge is 2.35. The molecule has 112 valence electrons. The van der Waals surface area contributed by atoms with Crippen molar-refractivity contribution in [3.8, 4) is 0 Å². The summed E-state index contributed by atoms with van der Waals surface area (Å²) in [7, 11) is 0. The van der Waals surface area contributed by atoms with Crippen LogP contribution in [0, 0.1) is 5.41 Å². The van der Waals surface area contributed by atoms with Crippen LogP contribution in [0.4, 0.5) is 0 Å². The molecule has 2 N–H and O–H groups in total. The molecule has 2 aliphatic rings. The maximum absolute atomic E-state index is 9.36. The van der Waals surface area contributed by atoms with Crippen LogP contribution in [0.2, 0.25) is 0 Å². The van der Waals surface area contributed by atoms with E-state index in [0.717, 1.165) is 32.2 Å². The molecule has 0 aromatic heterocycles. The minimum atomic E-state index is -0.161. The summed E-state index contributed by atoms with van der Waals surface area (Å²) >= 11 is 0. The van der Waals surface area contributed by atoms with Crippen LogP contribution in [0.25, 0.3) is 0 Å². The Morgan fingerprint density at radius 3 is 2.63 bits per heavy atom. The Kier molecular flexibility index (Phi) is 4.56. The van der Waals surface area contributed by atoms with Crippen molar-refractivity contribution in [2.75, 3.05) is 32.8 Å². The molecular weight excluding hydrogens is 240 g/mol. The summed E-state index contributed by atoms with van der Waals surface area (Å²) in [6.45, 7) is 12.9. The van der Waals surface area contributed by atoms with E-state index in [1.165, 1.54) is 12.8 Å². The lowest BCUT2D eigenvalue weighted by Gasteiger charge is -2.45. The lowest BCUT2D eigenvalue weighted by molar-refractivity contribution is -0.153. The summed E-state index contributed by atoms with van der Waals surface area (Å²) in [4.78, 5) is 2.44. The second-order valence-electron chi connectivity index (χ2n) is 7.67. The summed E-state index contributed by atoms with van der Waals surface area (Å²) in [5.41, 5.74) is 0.0989. The normalized spacial score (nSPS) is 28.6. The third-order valence-electron chi connectivity index (χ3n) is 3.85. The van der Waals surface area contributed by atoms with E-state index in [-0.39, 0.29) is 23.7 Å². The van der Waals surface area contributed by atoms with Crippen LogP contribution < -0.4 is 5.32 Å². The van der Waals surface area contributed by atoms with E-state index in [4.69, 9.17) is 4.74 Å². The lowest BCUT2D eigenvalue weighted by Crippen LogP contribution is -2.56. The Labute approximate surface area is 117 Å². The summed E-state index contributed by atoms with van der Waals surface area (Å²) in [6.07, 6.45) is 2.64. The van der Waals surface area contributed by atoms with Gasteiger partial charge in [-0.15, -0.1) is 0 Å². The number of nitrogens with one attached hydrogen (secondary N) is 1. The quantitative estimate of drug-likeness (QED) is 0.762. The third kappa shape index (κ3) is 5.03. The Bertz CT molecular complexity index is 301. The lowest BCUT2D eigenvalue weighted by atomic mass is 9.91. The highest BCUT2D eigenvalue weighted by Crippen LogP contribution is 2.26. The Balaban J connectivity index is 1.85. The predicted molar refractivity (Wildman–Crippen MR) is 77.3 cm³/mol. The predicted octanol–water partition coefficient (Wildman–Crippen LogP) is 1.24. The van der Waals surface area contributed by atoms with Crippen molar-refractivity contribution in [3.63, 3.8) is 0 Å². The van der Waals surface area contributed by atoms with Gasteiger partial charge in [0.05, 0.1) is 18.3 Å². The number of ether oxygens (including phenoxy) is 1. The van der Waals surface area contributed by atoms with Crippen molar-refractivity contribution >= 4 is 0 Å². The molecule has 1 atom stereocenters. The van der Waals surface area contributed by atoms with Gasteiger partial charge in [0.15, 0.2) is 0 Å². The molecule has 4 heteroatoms. The van der Waals surface area contributed by atoms with E-state index < -0.39 is 0 Å². The molecule has 2 rings (SSSR count). The number of aliphatic hydroxyl groups excluding tert-OH is 1. The highest BCUT2D eigenvalue weighted by atomic mass is 16.5. The van der Waals surface area contributed by atoms with Crippen molar-refractivity contribution in [1.82, 2.24) is 10.2 Å². The zero-order valence-corrected chi connectivity index (χ0v) is 12.9. The van der Waals surface area contributed by atoms with Crippen molar-refractivity contribution in [2.24, 2.45) is 5.41 Å². The van der Waals surface area contributed by atoms with Gasteiger partial charge in [-0.05, 0) is 32.1 Å². The van der Waals surface area contributed by atoms with Crippen LogP contribution in [0.5, 0.6) is 0 Å². The van der Waals surface area contributed by atoms with Gasteiger partial charge in [-0.25, -0.2) is 0 Å². The fourth-order valence-electron chi connectivity index (χ4n) is 3.00. The molecule has 0 aromatic carbocycles. The molecule has 1 aliphatic heterocycles. The molecule has 1 saturated heterocycles. The van der Waals surface area contributed by atoms with Crippen molar-refractivity contribution in [2.45, 2.75) is 58.3 Å². The molecule has 0 aromatic rings. The Morgan fingerprint density at radius 1 is 1.37 bits per heavy atom. The molecule has 0 amide bonds. The average molecular weight is 270 g/mol. The summed E-state index contributed by atoms with van der Waals surface area (Å²) in [5, 5.41) is 13.0. The van der Waals surface area contributed by atoms with Crippen LogP contribution in [0.3, 0.4) is 0 Å². The number of morpholine rings is 1. The van der Waals surface area contributed by atoms with E-state index >= 15 is 0 Å². The van der Waals surface area contributed by atoms with E-state index in [1.807, 2.05) is 0 Å². The minimum Gasteiger partial charge on any atom is -0.394 e. The monoisotopic (exact) mass is 270 g/mol. The molecule has 19 heavy (non-hydrogen) atoms. The van der Waals surface area contributed by atoms with Gasteiger partial charge in [0.1, 0.15) is 0 Å². The molecule has 1 saturated carbocycles. The first-order valence-electron chi connectivity index (χ1n) is 7.54. The van der Waals surface area contributed by atoms with Gasteiger partial charge in [0, 0.05) is 32.2 Å². The maximum Gasteiger partial charge on any atom is 0.0940 e. The minimum absolute atomic E-state index is 0.0454. The SMILES string of the molecule is CC(C)(CNC1CC1)CN1CC(CO)OC(C)(C)C1. The topological polar surface area (TPSA) is 44.7 Å². The molecule has 0 radical (unpaired) electrons. The zero-order valence-electron chi connectivity index (χ0n) is 12.9. The largest absolute Gasteiger partial charge is 0.394 e. The van der Waals surface area contributed by atoms with Crippen LogP contribution in [0.15, 0.2) is 0 Å². The van der Waals surface area contributed by atoms with E-state index in [1.54, 1.807) is 0 Å². The third-order valence-corrected chi connectivity index (χ3v) is 3.85. The van der Waals surface area contributed by atoms with Crippen molar-refractivity contribution < 1.29 is 9.84 Å². The summed E-state index contributed by atoms with van der Waals surface area (Å²) < 4.78 is 5.87. The fourth-order valence-corrected chi connectivity index (χ4v) is 3.00. The van der Waals surface area contributed by atoms with Crippen LogP contribution in [-0.2, 0) is 4.74 Å². The van der Waals surface area contributed by atoms with Gasteiger partial charge >= 0.3 is 0 Å². The molecule has 1 heterocycles. The van der Waals surface area contributed by atoms with Crippen molar-refractivity contribution in [1.29, 1.82) is 0 Å². The van der Waals surface area contributed by atoms with Gasteiger partial charge in [-0.3, -0.25) is 4.90 Å². The number of aliphatic hydroxyl groups is 1. The fraction of sp³-hybridized carbons (Fsp3) is 1.00. The first-order chi connectivity index (χ1) is 8.80. The first-order valence-corrected chi connectivity index (χ1v) is 7.54. The Morgan fingerprint density at radius 2 is 2.05 bits per heavy atom. The Hall–Kier alpha value is -0.160. The van der Waals surface area contributed by atoms with E-state index in [2.05, 4.69) is 37.9 Å². The van der Waals surface area contributed by atoms with Gasteiger partial charge in [-0.2, -0.15) is 0 Å². The van der Waals surface area contributed by atoms with Crippen LogP contribution >= 0.6 is 0 Å². The molecule has 0 spiro atoms. The summed E-state index contributed by atoms with van der Waals surface area (Å²) in [5.74, 6) is 0. The zero-order chi connectivity index (χ0) is 14.1. The summed E-state index contributed by atoms with van der Waals surface area (Å²) in [6, 6.07) is 0.769. The van der Waals surface area contributed by atoms with Crippen LogP contribution in [-0.4, -0.2) is 60.5 Å². The molecule has 1 aliphatic carbocycles. The molecule has 1 unspecified atom stereocenters. The molecular formula is C15H30N2O2. The van der Waals surface area contributed by atoms with E-state index in [0.29, 0.717) is 0 Å². The smallest absolute Gasteiger partial charge is 0.0940 e. The highest BCUT2D eigenvalue weighted by molar-refractivity contribution is 4.89. The first kappa shape index (κ1) is 15.2. The van der Waals surface area contributed by atoms with Gasteiger partial charge in [0.2, 0.25) is 0 Å². The average Bonchev–Trinajstić information content (AvgIpc) is 3.07. The molecule has 0 bridgehead atoms. The number of hydrogen-bond acceptors (Lipinski definition) is 4. The molecule has 4 nitrogen and oxygen atoms in total. The van der Waals surface area contributed by atoms with Crippen LogP contribution in [0.1, 0.15) is 40.5 Å². The second-order valence-corrected chi connectivity index (χ2v) is 7.67. The number of hydrogen-bond donors (Lipinski definition) is 2. The number of nitrogens with zero attached hydrogens (tertiary/aromatic N) is 1. The van der Waals surface area contributed by atoms with E-state index in [9.17, 15) is 5.11 Å². The standard InChI is InChI=1S/C15H30N2O2/c1-14(2,9-16-12-5-6-12)10-17-7-13(8-18)19-15(3,4)11-17/h12-13,16,18H,5-11H2,1-4H3. The second kappa shape index (κ2) is 5.68. The molecule has 2 fully saturated rings. The number of rotatable bonds is 6.